The van der Waals surface area contributed by atoms with Gasteiger partial charge in [0.05, 0.1) is 42.4 Å². The molecule has 0 bridgehead atoms. The molecule has 42 heavy (non-hydrogen) atoms. The number of rotatable bonds is 8. The van der Waals surface area contributed by atoms with Gasteiger partial charge in [-0.25, -0.2) is 22.9 Å². The van der Waals surface area contributed by atoms with Gasteiger partial charge in [0.15, 0.2) is 20.7 Å². The molecule has 0 aliphatic carbocycles. The average Bonchev–Trinajstić information content (AvgIpc) is 3.51. The molecule has 0 aliphatic rings. The zero-order valence-electron chi connectivity index (χ0n) is 21.4. The summed E-state index contributed by atoms with van der Waals surface area (Å²) in [6.45, 7) is -0.0316. The number of aliphatic hydroxyl groups excluding tert-OH is 2. The molecule has 226 valence electrons. The van der Waals surface area contributed by atoms with Gasteiger partial charge in [0.1, 0.15) is 5.56 Å². The number of likely N-dealkylation sites (N-methyl/N-ethyl adjacent to an activating group) is 1. The topological polar surface area (TPSA) is 150 Å². The Hall–Kier alpha value is -3.65. The number of alkyl halides is 6. The lowest BCUT2D eigenvalue weighted by Crippen LogP contribution is -2.41. The third-order valence-corrected chi connectivity index (χ3v) is 9.61. The summed E-state index contributed by atoms with van der Waals surface area (Å²) < 4.78 is 107. The second-order valence-corrected chi connectivity index (χ2v) is 12.0. The summed E-state index contributed by atoms with van der Waals surface area (Å²) in [6, 6.07) is 2.65. The Kier molecular flexibility index (Phi) is 8.35. The zero-order valence-corrected chi connectivity index (χ0v) is 23.0. The number of hydrogen-bond acceptors (Lipinski definition) is 9. The van der Waals surface area contributed by atoms with E-state index in [9.17, 15) is 49.8 Å². The number of carbonyl (C=O) groups is 1. The van der Waals surface area contributed by atoms with Crippen molar-refractivity contribution in [3.63, 3.8) is 0 Å². The maximum absolute atomic E-state index is 13.9. The number of aliphatic hydroxyl groups is 2. The first-order chi connectivity index (χ1) is 19.5. The van der Waals surface area contributed by atoms with E-state index in [1.807, 2.05) is 0 Å². The highest BCUT2D eigenvalue weighted by Crippen LogP contribution is 2.35. The first-order valence-electron chi connectivity index (χ1n) is 11.6. The van der Waals surface area contributed by atoms with Gasteiger partial charge in [0, 0.05) is 12.6 Å². The smallest absolute Gasteiger partial charge is 0.395 e. The molecule has 0 spiro atoms. The standard InChI is InChI=1S/C23H20F6N6O5S2/c1-11-20(42(39,40)34(2)14(9-36)10-37)41-21(31-11)33-19(38)15-8-30-35-17(23(27,28)29)7-16(32-18(15)35)12-3-5-13(6-4-12)22(24,25)26/h3-8,14,36-37H,9-10H2,1-2H3,(H,31,33,38). The number of thiazole rings is 1. The van der Waals surface area contributed by atoms with Gasteiger partial charge in [-0.15, -0.1) is 0 Å². The fraction of sp³-hybridized carbons (Fsp3) is 0.304. The maximum Gasteiger partial charge on any atom is 0.433 e. The molecular weight excluding hydrogens is 618 g/mol. The summed E-state index contributed by atoms with van der Waals surface area (Å²) in [7, 11) is -3.15. The highest BCUT2D eigenvalue weighted by Gasteiger charge is 2.37. The van der Waals surface area contributed by atoms with E-state index in [1.165, 1.54) is 6.92 Å². The summed E-state index contributed by atoms with van der Waals surface area (Å²) in [6.07, 6.45) is -8.88. The van der Waals surface area contributed by atoms with Crippen molar-refractivity contribution in [3.05, 3.63) is 59.0 Å². The molecule has 0 fully saturated rings. The van der Waals surface area contributed by atoms with Crippen LogP contribution >= 0.6 is 11.3 Å². The lowest BCUT2D eigenvalue weighted by atomic mass is 10.1. The van der Waals surface area contributed by atoms with Crippen LogP contribution in [0.5, 0.6) is 0 Å². The van der Waals surface area contributed by atoms with E-state index in [2.05, 4.69) is 20.4 Å². The monoisotopic (exact) mass is 638 g/mol. The molecule has 4 rings (SSSR count). The predicted molar refractivity (Wildman–Crippen MR) is 136 cm³/mol. The molecule has 0 aliphatic heterocycles. The second kappa shape index (κ2) is 11.2. The number of amides is 1. The van der Waals surface area contributed by atoms with E-state index in [0.29, 0.717) is 34.1 Å². The Morgan fingerprint density at radius 3 is 2.24 bits per heavy atom. The van der Waals surface area contributed by atoms with E-state index >= 15 is 0 Å². The Labute approximate surface area is 237 Å². The quantitative estimate of drug-likeness (QED) is 0.249. The highest BCUT2D eigenvalue weighted by molar-refractivity contribution is 7.91. The highest BCUT2D eigenvalue weighted by atomic mass is 32.2. The van der Waals surface area contributed by atoms with Crippen LogP contribution in [0.4, 0.5) is 31.5 Å². The van der Waals surface area contributed by atoms with Crippen LogP contribution in [0.1, 0.15) is 27.3 Å². The van der Waals surface area contributed by atoms with Crippen LogP contribution in [-0.2, 0) is 22.4 Å². The second-order valence-electron chi connectivity index (χ2n) is 8.78. The van der Waals surface area contributed by atoms with Crippen molar-refractivity contribution in [2.45, 2.75) is 29.5 Å². The molecule has 0 saturated carbocycles. The van der Waals surface area contributed by atoms with Crippen LogP contribution in [0.15, 0.2) is 40.7 Å². The summed E-state index contributed by atoms with van der Waals surface area (Å²) in [5, 5.41) is 24.3. The molecule has 4 aromatic rings. The number of aryl methyl sites for hydroxylation is 1. The molecule has 1 amide bonds. The molecule has 11 nitrogen and oxygen atoms in total. The van der Waals surface area contributed by atoms with Crippen LogP contribution in [0.3, 0.4) is 0 Å². The number of aromatic nitrogens is 4. The van der Waals surface area contributed by atoms with Crippen molar-refractivity contribution in [3.8, 4) is 11.3 Å². The number of fused-ring (bicyclic) bond motifs is 1. The van der Waals surface area contributed by atoms with Crippen molar-refractivity contribution in [1.29, 1.82) is 0 Å². The maximum atomic E-state index is 13.9. The Bertz CT molecular complexity index is 1730. The molecule has 0 saturated heterocycles. The average molecular weight is 639 g/mol. The summed E-state index contributed by atoms with van der Waals surface area (Å²) in [5.41, 5.74) is -3.95. The fourth-order valence-electron chi connectivity index (χ4n) is 3.76. The summed E-state index contributed by atoms with van der Waals surface area (Å²) >= 11 is 0.519. The number of benzene rings is 1. The van der Waals surface area contributed by atoms with Gasteiger partial charge in [-0.3, -0.25) is 10.1 Å². The van der Waals surface area contributed by atoms with Gasteiger partial charge in [-0.05, 0) is 25.1 Å². The molecule has 3 N–H and O–H groups in total. The minimum atomic E-state index is -5.00. The minimum Gasteiger partial charge on any atom is -0.395 e. The van der Waals surface area contributed by atoms with Crippen molar-refractivity contribution >= 4 is 38.0 Å². The largest absolute Gasteiger partial charge is 0.433 e. The SMILES string of the molecule is Cc1nc(NC(=O)c2cnn3c(C(F)(F)F)cc(-c4ccc(C(F)(F)F)cc4)nc23)sc1S(=O)(=O)N(C)C(CO)CO. The van der Waals surface area contributed by atoms with Crippen LogP contribution in [0, 0.1) is 6.92 Å². The molecule has 3 aromatic heterocycles. The van der Waals surface area contributed by atoms with Gasteiger partial charge in [-0.1, -0.05) is 23.5 Å². The Morgan fingerprint density at radius 1 is 1.07 bits per heavy atom. The van der Waals surface area contributed by atoms with Crippen molar-refractivity contribution in [1.82, 2.24) is 23.9 Å². The van der Waals surface area contributed by atoms with Crippen molar-refractivity contribution < 1.29 is 49.8 Å². The van der Waals surface area contributed by atoms with Crippen LogP contribution in [-0.4, -0.2) is 74.7 Å². The molecular formula is C23H20F6N6O5S2. The first-order valence-corrected chi connectivity index (χ1v) is 13.9. The molecule has 3 heterocycles. The summed E-state index contributed by atoms with van der Waals surface area (Å²) in [4.78, 5) is 21.1. The van der Waals surface area contributed by atoms with E-state index in [-0.39, 0.29) is 26.3 Å². The minimum absolute atomic E-state index is 0.0429. The number of anilines is 1. The molecule has 1 aromatic carbocycles. The number of hydrogen-bond donors (Lipinski definition) is 3. The van der Waals surface area contributed by atoms with E-state index in [1.54, 1.807) is 0 Å². The van der Waals surface area contributed by atoms with Gasteiger partial charge in [0.2, 0.25) is 0 Å². The van der Waals surface area contributed by atoms with Crippen molar-refractivity contribution in [2.75, 3.05) is 25.6 Å². The number of sulfonamides is 1. The zero-order chi connectivity index (χ0) is 31.2. The van der Waals surface area contributed by atoms with Gasteiger partial charge in [-0.2, -0.15) is 35.7 Å². The molecule has 0 unspecified atom stereocenters. The molecule has 19 heteroatoms. The van der Waals surface area contributed by atoms with Gasteiger partial charge >= 0.3 is 12.4 Å². The number of carbonyl (C=O) groups excluding carboxylic acids is 1. The van der Waals surface area contributed by atoms with Gasteiger partial charge < -0.3 is 10.2 Å². The third-order valence-electron chi connectivity index (χ3n) is 6.04. The van der Waals surface area contributed by atoms with E-state index < -0.39 is 70.0 Å². The van der Waals surface area contributed by atoms with E-state index in [0.717, 1.165) is 29.7 Å². The Balaban J connectivity index is 1.73. The first kappa shape index (κ1) is 31.3. The lowest BCUT2D eigenvalue weighted by Gasteiger charge is -2.23. The van der Waals surface area contributed by atoms with E-state index in [4.69, 9.17) is 0 Å². The van der Waals surface area contributed by atoms with Crippen LogP contribution < -0.4 is 5.32 Å². The lowest BCUT2D eigenvalue weighted by molar-refractivity contribution is -0.142. The van der Waals surface area contributed by atoms with Gasteiger partial charge in [0.25, 0.3) is 15.9 Å². The third kappa shape index (κ3) is 5.95. The fourth-order valence-corrected chi connectivity index (χ4v) is 6.67. The normalized spacial score (nSPS) is 13.0. The van der Waals surface area contributed by atoms with Crippen LogP contribution in [0.2, 0.25) is 0 Å². The number of nitrogens with one attached hydrogen (secondary N) is 1. The predicted octanol–water partition coefficient (Wildman–Crippen LogP) is 3.42. The number of halogens is 6. The van der Waals surface area contributed by atoms with Crippen LogP contribution in [0.25, 0.3) is 16.9 Å². The summed E-state index contributed by atoms with van der Waals surface area (Å²) in [5.74, 6) is -1.05. The molecule has 0 atom stereocenters. The number of nitrogens with zero attached hydrogens (tertiary/aromatic N) is 5. The molecule has 0 radical (unpaired) electrons. The van der Waals surface area contributed by atoms with Crippen molar-refractivity contribution in [2.24, 2.45) is 0 Å². The Morgan fingerprint density at radius 2 is 1.69 bits per heavy atom.